The summed E-state index contributed by atoms with van der Waals surface area (Å²) in [7, 11) is 4.20. The zero-order chi connectivity index (χ0) is 14.7. The summed E-state index contributed by atoms with van der Waals surface area (Å²) in [6, 6.07) is 0. The number of carbonyl (C=O) groups is 2. The highest BCUT2D eigenvalue weighted by molar-refractivity contribution is 6.04. The van der Waals surface area contributed by atoms with E-state index in [1.54, 1.807) is 6.08 Å². The van der Waals surface area contributed by atoms with Gasteiger partial charge >= 0.3 is 5.97 Å². The van der Waals surface area contributed by atoms with E-state index in [1.165, 1.54) is 21.3 Å². The highest BCUT2D eigenvalue weighted by Gasteiger charge is 2.74. The summed E-state index contributed by atoms with van der Waals surface area (Å²) in [6.45, 7) is 2.31. The van der Waals surface area contributed by atoms with Gasteiger partial charge in [0, 0.05) is 31.6 Å². The van der Waals surface area contributed by atoms with E-state index in [1.807, 2.05) is 6.92 Å². The van der Waals surface area contributed by atoms with Gasteiger partial charge in [-0.2, -0.15) is 0 Å². The van der Waals surface area contributed by atoms with Crippen molar-refractivity contribution in [1.29, 1.82) is 0 Å². The monoisotopic (exact) mass is 282 g/mol. The number of rotatable bonds is 3. The number of ketones is 1. The number of carbonyl (C=O) groups excluding carboxylic acids is 2. The Labute approximate surface area is 117 Å². The number of hydrogen-bond acceptors (Lipinski definition) is 6. The quantitative estimate of drug-likeness (QED) is 0.694. The Morgan fingerprint density at radius 2 is 2.05 bits per heavy atom. The van der Waals surface area contributed by atoms with E-state index in [9.17, 15) is 9.59 Å². The Morgan fingerprint density at radius 3 is 2.60 bits per heavy atom. The molecule has 4 bridgehead atoms. The van der Waals surface area contributed by atoms with Crippen molar-refractivity contribution >= 4 is 11.8 Å². The molecule has 4 rings (SSSR count). The highest BCUT2D eigenvalue weighted by Crippen LogP contribution is 2.59. The van der Waals surface area contributed by atoms with Crippen LogP contribution in [0.1, 0.15) is 6.92 Å². The maximum absolute atomic E-state index is 12.8. The molecule has 1 saturated heterocycles. The van der Waals surface area contributed by atoms with Crippen LogP contribution >= 0.6 is 0 Å². The molecule has 4 aliphatic rings. The second-order valence-electron chi connectivity index (χ2n) is 5.53. The molecular weight excluding hydrogens is 264 g/mol. The lowest BCUT2D eigenvalue weighted by atomic mass is 9.55. The first-order valence-corrected chi connectivity index (χ1v) is 6.58. The Balaban J connectivity index is 2.24. The van der Waals surface area contributed by atoms with Crippen LogP contribution in [0.15, 0.2) is 11.6 Å². The maximum atomic E-state index is 12.8. The lowest BCUT2D eigenvalue weighted by Gasteiger charge is -2.52. The minimum absolute atomic E-state index is 0.00769. The second kappa shape index (κ2) is 4.13. The topological polar surface area (TPSA) is 71.1 Å². The van der Waals surface area contributed by atoms with Crippen LogP contribution in [0.2, 0.25) is 0 Å². The zero-order valence-corrected chi connectivity index (χ0v) is 12.0. The molecule has 0 N–H and O–H groups in total. The third-order valence-corrected chi connectivity index (χ3v) is 5.08. The van der Waals surface area contributed by atoms with Crippen molar-refractivity contribution in [2.24, 2.45) is 17.8 Å². The molecule has 1 aliphatic heterocycles. The van der Waals surface area contributed by atoms with Crippen molar-refractivity contribution in [3.63, 3.8) is 0 Å². The first kappa shape index (κ1) is 13.7. The van der Waals surface area contributed by atoms with Gasteiger partial charge in [0.05, 0.1) is 19.6 Å². The normalized spacial score (nSPS) is 45.5. The largest absolute Gasteiger partial charge is 0.466 e. The molecular formula is C14H18O6. The van der Waals surface area contributed by atoms with Crippen molar-refractivity contribution in [2.75, 3.05) is 27.9 Å². The van der Waals surface area contributed by atoms with Crippen LogP contribution in [0, 0.1) is 17.8 Å². The summed E-state index contributed by atoms with van der Waals surface area (Å²) in [5.41, 5.74) is -0.772. The molecule has 0 spiro atoms. The summed E-state index contributed by atoms with van der Waals surface area (Å²) in [5, 5.41) is 0. The smallest absolute Gasteiger partial charge is 0.334 e. The molecule has 1 heterocycles. The van der Waals surface area contributed by atoms with Crippen LogP contribution in [-0.2, 0) is 28.5 Å². The molecule has 2 fully saturated rings. The molecule has 5 unspecified atom stereocenters. The van der Waals surface area contributed by atoms with Gasteiger partial charge in [-0.05, 0) is 6.08 Å². The minimum atomic E-state index is -1.43. The molecule has 0 aromatic rings. The molecule has 1 saturated carbocycles. The fraction of sp³-hybridized carbons (Fsp3) is 0.714. The van der Waals surface area contributed by atoms with Gasteiger partial charge in [-0.3, -0.25) is 4.79 Å². The Bertz CT molecular complexity index is 512. The third kappa shape index (κ3) is 1.25. The SMILES string of the molecule is COC(=O)C1=CC2(OC)C(=O)C3(OC)OCC(C2C)C13. The van der Waals surface area contributed by atoms with Crippen molar-refractivity contribution in [2.45, 2.75) is 18.3 Å². The van der Waals surface area contributed by atoms with Gasteiger partial charge in [-0.15, -0.1) is 0 Å². The van der Waals surface area contributed by atoms with Gasteiger partial charge in [-0.1, -0.05) is 6.92 Å². The molecule has 3 aliphatic carbocycles. The number of esters is 1. The molecule has 0 aromatic carbocycles. The first-order valence-electron chi connectivity index (χ1n) is 6.58. The van der Waals surface area contributed by atoms with Gasteiger partial charge in [0.1, 0.15) is 0 Å². The lowest BCUT2D eigenvalue weighted by molar-refractivity contribution is -0.235. The number of ether oxygens (including phenoxy) is 4. The maximum Gasteiger partial charge on any atom is 0.334 e. The average molecular weight is 282 g/mol. The molecule has 6 nitrogen and oxygen atoms in total. The molecule has 0 aromatic heterocycles. The van der Waals surface area contributed by atoms with Crippen LogP contribution in [0.5, 0.6) is 0 Å². The highest BCUT2D eigenvalue weighted by atomic mass is 16.7. The van der Waals surface area contributed by atoms with Crippen molar-refractivity contribution in [3.8, 4) is 0 Å². The molecule has 5 atom stereocenters. The molecule has 0 amide bonds. The first-order chi connectivity index (χ1) is 9.48. The van der Waals surface area contributed by atoms with E-state index in [4.69, 9.17) is 18.9 Å². The van der Waals surface area contributed by atoms with E-state index in [0.29, 0.717) is 12.2 Å². The van der Waals surface area contributed by atoms with Gasteiger partial charge in [0.2, 0.25) is 11.6 Å². The standard InChI is InChI=1S/C14H18O6/c1-7-9-6-20-14(19-4)10(9)8(11(15)17-2)5-13(7,18-3)12(14)16/h5,7,9-10H,6H2,1-4H3. The lowest BCUT2D eigenvalue weighted by Crippen LogP contribution is -2.69. The Hall–Kier alpha value is -1.24. The fourth-order valence-electron chi connectivity index (χ4n) is 4.00. The number of hydrogen-bond donors (Lipinski definition) is 0. The summed E-state index contributed by atoms with van der Waals surface area (Å²) in [4.78, 5) is 24.9. The van der Waals surface area contributed by atoms with E-state index in [0.717, 1.165) is 0 Å². The van der Waals surface area contributed by atoms with Gasteiger partial charge in [0.15, 0.2) is 5.60 Å². The fourth-order valence-corrected chi connectivity index (χ4v) is 4.00. The zero-order valence-electron chi connectivity index (χ0n) is 12.0. The Morgan fingerprint density at radius 1 is 1.35 bits per heavy atom. The van der Waals surface area contributed by atoms with Crippen LogP contribution in [0.4, 0.5) is 0 Å². The van der Waals surface area contributed by atoms with Crippen molar-refractivity contribution < 1.29 is 28.5 Å². The van der Waals surface area contributed by atoms with E-state index >= 15 is 0 Å². The van der Waals surface area contributed by atoms with Crippen LogP contribution in [0.3, 0.4) is 0 Å². The Kier molecular flexibility index (Phi) is 2.83. The van der Waals surface area contributed by atoms with E-state index < -0.39 is 23.3 Å². The van der Waals surface area contributed by atoms with Crippen LogP contribution < -0.4 is 0 Å². The third-order valence-electron chi connectivity index (χ3n) is 5.08. The number of Topliss-reactive ketones (excluding diaryl/α,β-unsaturated/α-hetero) is 1. The molecule has 20 heavy (non-hydrogen) atoms. The predicted molar refractivity (Wildman–Crippen MR) is 66.7 cm³/mol. The minimum Gasteiger partial charge on any atom is -0.466 e. The average Bonchev–Trinajstić information content (AvgIpc) is 2.85. The van der Waals surface area contributed by atoms with Gasteiger partial charge < -0.3 is 18.9 Å². The van der Waals surface area contributed by atoms with Crippen molar-refractivity contribution in [1.82, 2.24) is 0 Å². The molecule has 6 heteroatoms. The summed E-state index contributed by atoms with van der Waals surface area (Å²) in [5.74, 6) is -2.68. The number of methoxy groups -OCH3 is 3. The van der Waals surface area contributed by atoms with Gasteiger partial charge in [0.25, 0.3) is 0 Å². The van der Waals surface area contributed by atoms with Crippen molar-refractivity contribution in [3.05, 3.63) is 11.6 Å². The second-order valence-corrected chi connectivity index (χ2v) is 5.53. The summed E-state index contributed by atoms with van der Waals surface area (Å²) in [6.07, 6.45) is 1.60. The van der Waals surface area contributed by atoms with E-state index in [-0.39, 0.29) is 17.6 Å². The predicted octanol–water partition coefficient (Wildman–Crippen LogP) is 0.309. The van der Waals surface area contributed by atoms with Gasteiger partial charge in [-0.25, -0.2) is 4.79 Å². The van der Waals surface area contributed by atoms with Crippen LogP contribution in [0.25, 0.3) is 0 Å². The molecule has 0 radical (unpaired) electrons. The summed E-state index contributed by atoms with van der Waals surface area (Å²) >= 11 is 0. The molecule has 110 valence electrons. The van der Waals surface area contributed by atoms with E-state index in [2.05, 4.69) is 0 Å². The van der Waals surface area contributed by atoms with Crippen LogP contribution in [-0.4, -0.2) is 51.1 Å². The summed E-state index contributed by atoms with van der Waals surface area (Å²) < 4.78 is 21.5.